The summed E-state index contributed by atoms with van der Waals surface area (Å²) in [7, 11) is 0. The smallest absolute Gasteiger partial charge is 0.225 e. The summed E-state index contributed by atoms with van der Waals surface area (Å²) >= 11 is 7.39. The van der Waals surface area contributed by atoms with Crippen molar-refractivity contribution in [3.63, 3.8) is 0 Å². The van der Waals surface area contributed by atoms with Gasteiger partial charge in [-0.15, -0.1) is 11.3 Å². The summed E-state index contributed by atoms with van der Waals surface area (Å²) in [6.45, 7) is 4.71. The SMILES string of the molecule is Cc1cc(C2CCN(C(=O)C3CC3)CC2)ccc1NCc1cnc(Cl)s1. The lowest BCUT2D eigenvalue weighted by Crippen LogP contribution is -2.38. The molecule has 6 heteroatoms. The second-order valence-electron chi connectivity index (χ2n) is 7.38. The van der Waals surface area contributed by atoms with Crippen molar-refractivity contribution in [2.75, 3.05) is 18.4 Å². The van der Waals surface area contributed by atoms with E-state index in [-0.39, 0.29) is 0 Å². The fourth-order valence-corrected chi connectivity index (χ4v) is 4.63. The summed E-state index contributed by atoms with van der Waals surface area (Å²) in [5, 5.41) is 3.47. The van der Waals surface area contributed by atoms with Gasteiger partial charge in [-0.2, -0.15) is 0 Å². The van der Waals surface area contributed by atoms with Crippen molar-refractivity contribution in [2.45, 2.75) is 45.1 Å². The van der Waals surface area contributed by atoms with E-state index in [9.17, 15) is 4.79 Å². The molecule has 2 heterocycles. The first kappa shape index (κ1) is 17.8. The van der Waals surface area contributed by atoms with Crippen LogP contribution in [0, 0.1) is 12.8 Å². The van der Waals surface area contributed by atoms with E-state index in [2.05, 4.69) is 40.3 Å². The number of nitrogens with zero attached hydrogens (tertiary/aromatic N) is 2. The molecule has 1 aromatic carbocycles. The number of rotatable bonds is 5. The largest absolute Gasteiger partial charge is 0.380 e. The first-order valence-corrected chi connectivity index (χ1v) is 10.5. The zero-order valence-corrected chi connectivity index (χ0v) is 16.6. The number of carbonyl (C=O) groups is 1. The van der Waals surface area contributed by atoms with E-state index in [1.54, 1.807) is 0 Å². The molecule has 0 bridgehead atoms. The lowest BCUT2D eigenvalue weighted by molar-refractivity contribution is -0.133. The molecule has 26 heavy (non-hydrogen) atoms. The molecule has 1 saturated carbocycles. The van der Waals surface area contributed by atoms with E-state index in [4.69, 9.17) is 11.6 Å². The number of carbonyl (C=O) groups excluding carboxylic acids is 1. The highest BCUT2D eigenvalue weighted by Gasteiger charge is 2.35. The van der Waals surface area contributed by atoms with Gasteiger partial charge in [-0.05, 0) is 55.7 Å². The van der Waals surface area contributed by atoms with Crippen LogP contribution in [0.3, 0.4) is 0 Å². The Kier molecular flexibility index (Phi) is 5.18. The minimum Gasteiger partial charge on any atom is -0.380 e. The molecule has 1 aliphatic heterocycles. The molecule has 138 valence electrons. The molecule has 2 aliphatic rings. The van der Waals surface area contributed by atoms with Gasteiger partial charge in [-0.1, -0.05) is 23.7 Å². The molecule has 2 fully saturated rings. The topological polar surface area (TPSA) is 45.2 Å². The Hall–Kier alpha value is -1.59. The molecule has 2 aromatic rings. The van der Waals surface area contributed by atoms with Gasteiger partial charge in [0.15, 0.2) is 4.47 Å². The number of halogens is 1. The highest BCUT2D eigenvalue weighted by atomic mass is 35.5. The molecule has 0 radical (unpaired) electrons. The maximum absolute atomic E-state index is 12.2. The van der Waals surface area contributed by atoms with Crippen LogP contribution in [-0.4, -0.2) is 28.9 Å². The summed E-state index contributed by atoms with van der Waals surface area (Å²) in [5.74, 6) is 1.29. The van der Waals surface area contributed by atoms with Crippen molar-refractivity contribution in [3.05, 3.63) is 44.9 Å². The van der Waals surface area contributed by atoms with Gasteiger partial charge in [0.25, 0.3) is 0 Å². The zero-order chi connectivity index (χ0) is 18.1. The van der Waals surface area contributed by atoms with Crippen LogP contribution in [0.25, 0.3) is 0 Å². The highest BCUT2D eigenvalue weighted by Crippen LogP contribution is 2.35. The fourth-order valence-electron chi connectivity index (χ4n) is 3.71. The van der Waals surface area contributed by atoms with Gasteiger partial charge in [-0.25, -0.2) is 4.98 Å². The Morgan fingerprint density at radius 3 is 2.69 bits per heavy atom. The molecular formula is C20H24ClN3OS. The van der Waals surface area contributed by atoms with Gasteiger partial charge in [0.1, 0.15) is 0 Å². The predicted molar refractivity (Wildman–Crippen MR) is 107 cm³/mol. The van der Waals surface area contributed by atoms with Gasteiger partial charge in [0, 0.05) is 35.8 Å². The molecule has 1 N–H and O–H groups in total. The number of hydrogen-bond donors (Lipinski definition) is 1. The van der Waals surface area contributed by atoms with E-state index < -0.39 is 0 Å². The quantitative estimate of drug-likeness (QED) is 0.796. The molecule has 4 rings (SSSR count). The van der Waals surface area contributed by atoms with Crippen LogP contribution >= 0.6 is 22.9 Å². The number of thiazole rings is 1. The van der Waals surface area contributed by atoms with Crippen LogP contribution in [0.5, 0.6) is 0 Å². The standard InChI is InChI=1S/C20H24ClN3OS/c1-13-10-16(4-5-18(13)22-11-17-12-23-20(21)26-17)14-6-8-24(9-7-14)19(25)15-2-3-15/h4-5,10,12,14-15,22H,2-3,6-9,11H2,1H3. The number of benzene rings is 1. The van der Waals surface area contributed by atoms with Crippen molar-refractivity contribution in [2.24, 2.45) is 5.92 Å². The maximum atomic E-state index is 12.2. The Morgan fingerprint density at radius 1 is 1.31 bits per heavy atom. The van der Waals surface area contributed by atoms with Crippen molar-refractivity contribution in [1.82, 2.24) is 9.88 Å². The van der Waals surface area contributed by atoms with Crippen LogP contribution in [0.4, 0.5) is 5.69 Å². The average molecular weight is 390 g/mol. The summed E-state index contributed by atoms with van der Waals surface area (Å²) in [5.41, 5.74) is 3.81. The number of hydrogen-bond acceptors (Lipinski definition) is 4. The summed E-state index contributed by atoms with van der Waals surface area (Å²) in [6.07, 6.45) is 6.16. The van der Waals surface area contributed by atoms with E-state index in [1.165, 1.54) is 22.5 Å². The van der Waals surface area contributed by atoms with Gasteiger partial charge in [0.2, 0.25) is 5.91 Å². The summed E-state index contributed by atoms with van der Waals surface area (Å²) < 4.78 is 0.584. The molecule has 1 amide bonds. The van der Waals surface area contributed by atoms with Crippen molar-refractivity contribution >= 4 is 34.5 Å². The Bertz CT molecular complexity index is 794. The van der Waals surface area contributed by atoms with Gasteiger partial charge in [0.05, 0.1) is 6.54 Å². The van der Waals surface area contributed by atoms with Crippen LogP contribution < -0.4 is 5.32 Å². The van der Waals surface area contributed by atoms with E-state index >= 15 is 0 Å². The van der Waals surface area contributed by atoms with Gasteiger partial charge >= 0.3 is 0 Å². The van der Waals surface area contributed by atoms with Crippen molar-refractivity contribution in [1.29, 1.82) is 0 Å². The minimum absolute atomic E-state index is 0.340. The molecular weight excluding hydrogens is 366 g/mol. The Balaban J connectivity index is 1.34. The fraction of sp³-hybridized carbons (Fsp3) is 0.500. The second kappa shape index (κ2) is 7.57. The van der Waals surface area contributed by atoms with Gasteiger partial charge < -0.3 is 10.2 Å². The number of amides is 1. The second-order valence-corrected chi connectivity index (χ2v) is 9.08. The normalized spacial score (nSPS) is 18.2. The predicted octanol–water partition coefficient (Wildman–Crippen LogP) is 4.83. The molecule has 0 unspecified atom stereocenters. The third-order valence-corrected chi connectivity index (χ3v) is 6.55. The Morgan fingerprint density at radius 2 is 2.08 bits per heavy atom. The molecule has 0 atom stereocenters. The number of aryl methyl sites for hydroxylation is 1. The monoisotopic (exact) mass is 389 g/mol. The summed E-state index contributed by atoms with van der Waals surface area (Å²) in [4.78, 5) is 19.5. The number of piperidine rings is 1. The number of likely N-dealkylation sites (tertiary alicyclic amines) is 1. The summed E-state index contributed by atoms with van der Waals surface area (Å²) in [6, 6.07) is 6.71. The third-order valence-electron chi connectivity index (χ3n) is 5.43. The molecule has 1 aromatic heterocycles. The molecule has 1 saturated heterocycles. The molecule has 4 nitrogen and oxygen atoms in total. The van der Waals surface area contributed by atoms with Gasteiger partial charge in [-0.3, -0.25) is 4.79 Å². The average Bonchev–Trinajstić information content (AvgIpc) is 3.42. The maximum Gasteiger partial charge on any atom is 0.225 e. The third kappa shape index (κ3) is 4.04. The molecule has 1 aliphatic carbocycles. The van der Waals surface area contributed by atoms with Crippen molar-refractivity contribution in [3.8, 4) is 0 Å². The van der Waals surface area contributed by atoms with Crippen LogP contribution in [-0.2, 0) is 11.3 Å². The van der Waals surface area contributed by atoms with Crippen LogP contribution in [0.1, 0.15) is 47.6 Å². The van der Waals surface area contributed by atoms with E-state index in [0.29, 0.717) is 22.2 Å². The number of anilines is 1. The van der Waals surface area contributed by atoms with E-state index in [1.807, 2.05) is 6.20 Å². The van der Waals surface area contributed by atoms with Crippen LogP contribution in [0.2, 0.25) is 4.47 Å². The molecule has 0 spiro atoms. The first-order chi connectivity index (χ1) is 12.6. The highest BCUT2D eigenvalue weighted by molar-refractivity contribution is 7.15. The lowest BCUT2D eigenvalue weighted by Gasteiger charge is -2.32. The number of nitrogens with one attached hydrogen (secondary N) is 1. The number of aromatic nitrogens is 1. The van der Waals surface area contributed by atoms with E-state index in [0.717, 1.165) is 55.9 Å². The lowest BCUT2D eigenvalue weighted by atomic mass is 9.88. The minimum atomic E-state index is 0.340. The van der Waals surface area contributed by atoms with Crippen molar-refractivity contribution < 1.29 is 4.79 Å². The Labute approximate surface area is 163 Å². The van der Waals surface area contributed by atoms with Crippen LogP contribution in [0.15, 0.2) is 24.4 Å². The zero-order valence-electron chi connectivity index (χ0n) is 15.0. The first-order valence-electron chi connectivity index (χ1n) is 9.33.